The molecule has 0 radical (unpaired) electrons. The first-order valence-electron chi connectivity index (χ1n) is 6.92. The molecule has 1 heterocycles. The van der Waals surface area contributed by atoms with Gasteiger partial charge in [0.1, 0.15) is 17.9 Å². The highest BCUT2D eigenvalue weighted by Crippen LogP contribution is 2.18. The van der Waals surface area contributed by atoms with Gasteiger partial charge in [-0.05, 0) is 30.5 Å². The van der Waals surface area contributed by atoms with Gasteiger partial charge in [-0.3, -0.25) is 9.59 Å². The van der Waals surface area contributed by atoms with Crippen LogP contribution in [0.5, 0.6) is 0 Å². The molecular weight excluding hydrogens is 259 g/mol. The largest absolute Gasteiger partial charge is 0.343 e. The minimum Gasteiger partial charge on any atom is -0.343 e. The molecule has 5 heteroatoms. The number of halogens is 1. The maximum Gasteiger partial charge on any atom is 0.246 e. The van der Waals surface area contributed by atoms with E-state index in [2.05, 4.69) is 5.32 Å². The van der Waals surface area contributed by atoms with Crippen LogP contribution in [-0.2, 0) is 16.1 Å². The van der Waals surface area contributed by atoms with E-state index >= 15 is 0 Å². The van der Waals surface area contributed by atoms with Crippen molar-refractivity contribution in [2.45, 2.75) is 45.3 Å². The minimum absolute atomic E-state index is 0.0664. The zero-order valence-corrected chi connectivity index (χ0v) is 11.7. The zero-order valence-electron chi connectivity index (χ0n) is 11.7. The summed E-state index contributed by atoms with van der Waals surface area (Å²) in [5.74, 6) is -0.487. The highest BCUT2D eigenvalue weighted by molar-refractivity contribution is 5.96. The molecule has 2 atom stereocenters. The topological polar surface area (TPSA) is 49.4 Å². The molecule has 2 amide bonds. The lowest BCUT2D eigenvalue weighted by atomic mass is 10.0. The van der Waals surface area contributed by atoms with Crippen LogP contribution in [0.25, 0.3) is 0 Å². The number of hydrogen-bond donors (Lipinski definition) is 1. The summed E-state index contributed by atoms with van der Waals surface area (Å²) in [6, 6.07) is 5.11. The lowest BCUT2D eigenvalue weighted by Gasteiger charge is -2.38. The summed E-state index contributed by atoms with van der Waals surface area (Å²) < 4.78 is 12.9. The van der Waals surface area contributed by atoms with Crippen molar-refractivity contribution in [3.05, 3.63) is 35.6 Å². The van der Waals surface area contributed by atoms with Crippen molar-refractivity contribution in [2.75, 3.05) is 0 Å². The zero-order chi connectivity index (χ0) is 14.7. The fraction of sp³-hybridized carbons (Fsp3) is 0.467. The fourth-order valence-electron chi connectivity index (χ4n) is 2.48. The second kappa shape index (κ2) is 6.03. The first-order valence-corrected chi connectivity index (χ1v) is 6.92. The molecular formula is C15H19FN2O2. The number of carbonyl (C=O) groups excluding carboxylic acids is 2. The minimum atomic E-state index is -0.453. The molecule has 2 unspecified atom stereocenters. The number of rotatable bonds is 4. The molecule has 20 heavy (non-hydrogen) atoms. The third-order valence-electron chi connectivity index (χ3n) is 3.64. The van der Waals surface area contributed by atoms with Crippen molar-refractivity contribution in [1.82, 2.24) is 10.2 Å². The number of nitrogens with one attached hydrogen (secondary N) is 1. The van der Waals surface area contributed by atoms with E-state index in [1.54, 1.807) is 17.0 Å². The maximum absolute atomic E-state index is 12.9. The predicted molar refractivity (Wildman–Crippen MR) is 73.3 cm³/mol. The first-order chi connectivity index (χ1) is 9.56. The number of benzene rings is 1. The Labute approximate surface area is 118 Å². The van der Waals surface area contributed by atoms with E-state index in [0.29, 0.717) is 19.4 Å². The molecule has 2 rings (SSSR count). The monoisotopic (exact) mass is 278 g/mol. The van der Waals surface area contributed by atoms with E-state index < -0.39 is 12.1 Å². The van der Waals surface area contributed by atoms with Gasteiger partial charge in [0.15, 0.2) is 0 Å². The number of carbonyl (C=O) groups is 2. The van der Waals surface area contributed by atoms with Crippen LogP contribution in [0.3, 0.4) is 0 Å². The molecule has 1 saturated heterocycles. The Hall–Kier alpha value is -1.91. The Bertz CT molecular complexity index is 501. The average Bonchev–Trinajstić information content (AvgIpc) is 2.45. The fourth-order valence-corrected chi connectivity index (χ4v) is 2.48. The van der Waals surface area contributed by atoms with Crippen LogP contribution in [0, 0.1) is 5.82 Å². The van der Waals surface area contributed by atoms with E-state index in [9.17, 15) is 14.0 Å². The van der Waals surface area contributed by atoms with E-state index in [-0.39, 0.29) is 17.6 Å². The van der Waals surface area contributed by atoms with Crippen LogP contribution in [-0.4, -0.2) is 28.8 Å². The Morgan fingerprint density at radius 3 is 2.35 bits per heavy atom. The van der Waals surface area contributed by atoms with Crippen molar-refractivity contribution in [1.29, 1.82) is 0 Å². The third-order valence-corrected chi connectivity index (χ3v) is 3.64. The van der Waals surface area contributed by atoms with Crippen molar-refractivity contribution >= 4 is 11.8 Å². The third kappa shape index (κ3) is 2.81. The second-order valence-corrected chi connectivity index (χ2v) is 4.99. The average molecular weight is 278 g/mol. The molecule has 1 N–H and O–H groups in total. The molecule has 1 fully saturated rings. The number of hydrogen-bond acceptors (Lipinski definition) is 2. The Morgan fingerprint density at radius 2 is 1.80 bits per heavy atom. The van der Waals surface area contributed by atoms with Crippen LogP contribution >= 0.6 is 0 Å². The van der Waals surface area contributed by atoms with Gasteiger partial charge in [-0.25, -0.2) is 4.39 Å². The van der Waals surface area contributed by atoms with Gasteiger partial charge in [0.25, 0.3) is 0 Å². The van der Waals surface area contributed by atoms with E-state index in [0.717, 1.165) is 5.56 Å². The SMILES string of the molecule is CCC1NC(=O)C(CC)N(Cc2ccc(F)cc2)C1=O. The van der Waals surface area contributed by atoms with Crippen molar-refractivity contribution in [3.63, 3.8) is 0 Å². The molecule has 108 valence electrons. The summed E-state index contributed by atoms with van der Waals surface area (Å²) in [4.78, 5) is 26.0. The molecule has 1 aromatic carbocycles. The number of piperazine rings is 1. The summed E-state index contributed by atoms with van der Waals surface area (Å²) in [6.45, 7) is 4.08. The van der Waals surface area contributed by atoms with Crippen molar-refractivity contribution in [2.24, 2.45) is 0 Å². The van der Waals surface area contributed by atoms with Gasteiger partial charge in [-0.2, -0.15) is 0 Å². The van der Waals surface area contributed by atoms with E-state index in [1.807, 2.05) is 13.8 Å². The Morgan fingerprint density at radius 1 is 1.15 bits per heavy atom. The Balaban J connectivity index is 2.22. The van der Waals surface area contributed by atoms with Gasteiger partial charge >= 0.3 is 0 Å². The smallest absolute Gasteiger partial charge is 0.246 e. The number of nitrogens with zero attached hydrogens (tertiary/aromatic N) is 1. The summed E-state index contributed by atoms with van der Waals surface area (Å²) in [5, 5.41) is 2.75. The van der Waals surface area contributed by atoms with Crippen molar-refractivity contribution in [3.8, 4) is 0 Å². The highest BCUT2D eigenvalue weighted by Gasteiger charge is 2.38. The van der Waals surface area contributed by atoms with Gasteiger partial charge in [-0.1, -0.05) is 26.0 Å². The van der Waals surface area contributed by atoms with Crippen LogP contribution < -0.4 is 5.32 Å². The normalized spacial score (nSPS) is 22.9. The molecule has 1 aliphatic rings. The number of amides is 2. The summed E-state index contributed by atoms with van der Waals surface area (Å²) in [6.07, 6.45) is 1.14. The van der Waals surface area contributed by atoms with Gasteiger partial charge < -0.3 is 10.2 Å². The summed E-state index contributed by atoms with van der Waals surface area (Å²) >= 11 is 0. The van der Waals surface area contributed by atoms with Crippen LogP contribution in [0.15, 0.2) is 24.3 Å². The van der Waals surface area contributed by atoms with E-state index in [1.165, 1.54) is 12.1 Å². The molecule has 0 saturated carbocycles. The molecule has 4 nitrogen and oxygen atoms in total. The molecule has 0 spiro atoms. The highest BCUT2D eigenvalue weighted by atomic mass is 19.1. The maximum atomic E-state index is 12.9. The summed E-state index contributed by atoms with van der Waals surface area (Å²) in [5.41, 5.74) is 0.822. The molecule has 0 aliphatic carbocycles. The predicted octanol–water partition coefficient (Wildman–Crippen LogP) is 1.84. The molecule has 0 bridgehead atoms. The molecule has 1 aliphatic heterocycles. The molecule has 0 aromatic heterocycles. The van der Waals surface area contributed by atoms with Gasteiger partial charge in [-0.15, -0.1) is 0 Å². The first kappa shape index (κ1) is 14.5. The lowest BCUT2D eigenvalue weighted by molar-refractivity contribution is -0.150. The lowest BCUT2D eigenvalue weighted by Crippen LogP contribution is -2.62. The van der Waals surface area contributed by atoms with Crippen LogP contribution in [0.2, 0.25) is 0 Å². The van der Waals surface area contributed by atoms with Crippen LogP contribution in [0.4, 0.5) is 4.39 Å². The molecule has 1 aromatic rings. The van der Waals surface area contributed by atoms with Crippen molar-refractivity contribution < 1.29 is 14.0 Å². The van der Waals surface area contributed by atoms with Gasteiger partial charge in [0, 0.05) is 6.54 Å². The second-order valence-electron chi connectivity index (χ2n) is 4.99. The Kier molecular flexibility index (Phi) is 4.37. The standard InChI is InChI=1S/C15H19FN2O2/c1-3-12-15(20)18(13(4-2)14(19)17-12)9-10-5-7-11(16)8-6-10/h5-8,12-13H,3-4,9H2,1-2H3,(H,17,19). The van der Waals surface area contributed by atoms with E-state index in [4.69, 9.17) is 0 Å². The van der Waals surface area contributed by atoms with Gasteiger partial charge in [0.05, 0.1) is 0 Å². The van der Waals surface area contributed by atoms with Crippen LogP contribution in [0.1, 0.15) is 32.3 Å². The quantitative estimate of drug-likeness (QED) is 0.913. The van der Waals surface area contributed by atoms with Gasteiger partial charge in [0.2, 0.25) is 11.8 Å². The summed E-state index contributed by atoms with van der Waals surface area (Å²) in [7, 11) is 0.